The Morgan fingerprint density at radius 1 is 1.07 bits per heavy atom. The molecule has 162 valence electrons. The van der Waals surface area contributed by atoms with E-state index in [0.29, 0.717) is 39.0 Å². The Bertz CT molecular complexity index is 792. The number of carbonyl (C=O) groups excluding carboxylic acids is 2. The lowest BCUT2D eigenvalue weighted by atomic mass is 10.1. The molecule has 5 nitrogen and oxygen atoms in total. The number of aryl methyl sites for hydroxylation is 1. The van der Waals surface area contributed by atoms with Gasteiger partial charge in [-0.05, 0) is 43.9 Å². The van der Waals surface area contributed by atoms with Crippen LogP contribution >= 0.6 is 0 Å². The lowest BCUT2D eigenvalue weighted by molar-refractivity contribution is -0.141. The van der Waals surface area contributed by atoms with Gasteiger partial charge in [-0.1, -0.05) is 61.9 Å². The van der Waals surface area contributed by atoms with Crippen LogP contribution in [0, 0.1) is 6.92 Å². The highest BCUT2D eigenvalue weighted by molar-refractivity contribution is 5.87. The van der Waals surface area contributed by atoms with Crippen molar-refractivity contribution in [3.63, 3.8) is 0 Å². The van der Waals surface area contributed by atoms with Crippen LogP contribution in [0.15, 0.2) is 54.6 Å². The maximum Gasteiger partial charge on any atom is 0.242 e. The topological polar surface area (TPSA) is 58.6 Å². The second-order valence-electron chi connectivity index (χ2n) is 7.49. The van der Waals surface area contributed by atoms with Gasteiger partial charge in [-0.15, -0.1) is 0 Å². The van der Waals surface area contributed by atoms with Gasteiger partial charge in [0.1, 0.15) is 11.8 Å². The van der Waals surface area contributed by atoms with Crippen molar-refractivity contribution in [2.45, 2.75) is 59.0 Å². The molecule has 0 saturated heterocycles. The molecule has 0 fully saturated rings. The first-order chi connectivity index (χ1) is 14.5. The van der Waals surface area contributed by atoms with E-state index in [1.807, 2.05) is 69.3 Å². The highest BCUT2D eigenvalue weighted by Gasteiger charge is 2.28. The largest absolute Gasteiger partial charge is 0.494 e. The molecule has 2 rings (SSSR count). The SMILES string of the molecule is CCCNC(=O)[C@H](CC)N(Cc1cccc(C)c1)C(=O)CCCOc1ccccc1. The molecule has 5 heteroatoms. The summed E-state index contributed by atoms with van der Waals surface area (Å²) in [5, 5.41) is 2.95. The van der Waals surface area contributed by atoms with Crippen molar-refractivity contribution < 1.29 is 14.3 Å². The fraction of sp³-hybridized carbons (Fsp3) is 0.440. The van der Waals surface area contributed by atoms with Gasteiger partial charge in [-0.2, -0.15) is 0 Å². The summed E-state index contributed by atoms with van der Waals surface area (Å²) >= 11 is 0. The van der Waals surface area contributed by atoms with Crippen LogP contribution in [-0.4, -0.2) is 35.9 Å². The van der Waals surface area contributed by atoms with E-state index in [1.54, 1.807) is 4.90 Å². The Labute approximate surface area is 180 Å². The van der Waals surface area contributed by atoms with Crippen molar-refractivity contribution in [1.29, 1.82) is 0 Å². The standard InChI is InChI=1S/C25H34N2O3/c1-4-16-26-25(29)23(5-2)27(19-21-12-9-11-20(3)18-21)24(28)15-10-17-30-22-13-7-6-8-14-22/h6-9,11-14,18,23H,4-5,10,15-17,19H2,1-3H3,(H,26,29)/t23-/m0/s1. The van der Waals surface area contributed by atoms with Crippen LogP contribution in [0.4, 0.5) is 0 Å². The molecule has 0 bridgehead atoms. The van der Waals surface area contributed by atoms with Gasteiger partial charge in [0.25, 0.3) is 0 Å². The van der Waals surface area contributed by atoms with Gasteiger partial charge >= 0.3 is 0 Å². The third-order valence-corrected chi connectivity index (χ3v) is 4.92. The average Bonchev–Trinajstić information content (AvgIpc) is 2.75. The Kier molecular flexibility index (Phi) is 9.92. The molecule has 1 atom stereocenters. The van der Waals surface area contributed by atoms with E-state index in [-0.39, 0.29) is 11.8 Å². The van der Waals surface area contributed by atoms with Gasteiger partial charge in [-0.3, -0.25) is 9.59 Å². The fourth-order valence-electron chi connectivity index (χ4n) is 3.37. The van der Waals surface area contributed by atoms with Crippen LogP contribution in [-0.2, 0) is 16.1 Å². The molecule has 0 radical (unpaired) electrons. The van der Waals surface area contributed by atoms with Crippen molar-refractivity contribution in [2.75, 3.05) is 13.2 Å². The zero-order valence-electron chi connectivity index (χ0n) is 18.4. The molecule has 0 aliphatic rings. The number of hydrogen-bond donors (Lipinski definition) is 1. The minimum absolute atomic E-state index is 0.0216. The second-order valence-corrected chi connectivity index (χ2v) is 7.49. The van der Waals surface area contributed by atoms with E-state index >= 15 is 0 Å². The zero-order chi connectivity index (χ0) is 21.8. The highest BCUT2D eigenvalue weighted by Crippen LogP contribution is 2.16. The molecule has 0 aliphatic carbocycles. The Morgan fingerprint density at radius 2 is 1.83 bits per heavy atom. The number of benzene rings is 2. The Hall–Kier alpha value is -2.82. The zero-order valence-corrected chi connectivity index (χ0v) is 18.4. The Balaban J connectivity index is 2.04. The number of rotatable bonds is 12. The van der Waals surface area contributed by atoms with Crippen LogP contribution < -0.4 is 10.1 Å². The first-order valence-electron chi connectivity index (χ1n) is 10.9. The highest BCUT2D eigenvalue weighted by atomic mass is 16.5. The summed E-state index contributed by atoms with van der Waals surface area (Å²) in [4.78, 5) is 27.6. The first-order valence-corrected chi connectivity index (χ1v) is 10.9. The quantitative estimate of drug-likeness (QED) is 0.525. The minimum atomic E-state index is -0.473. The number of ether oxygens (including phenoxy) is 1. The fourth-order valence-corrected chi connectivity index (χ4v) is 3.37. The van der Waals surface area contributed by atoms with Crippen LogP contribution in [0.3, 0.4) is 0 Å². The van der Waals surface area contributed by atoms with Crippen molar-refractivity contribution in [1.82, 2.24) is 10.2 Å². The number of nitrogens with one attached hydrogen (secondary N) is 1. The smallest absolute Gasteiger partial charge is 0.242 e. The van der Waals surface area contributed by atoms with Crippen LogP contribution in [0.1, 0.15) is 50.7 Å². The molecule has 0 aromatic heterocycles. The summed E-state index contributed by atoms with van der Waals surface area (Å²) in [7, 11) is 0. The normalized spacial score (nSPS) is 11.6. The average molecular weight is 411 g/mol. The van der Waals surface area contributed by atoms with Crippen molar-refractivity contribution in [3.05, 3.63) is 65.7 Å². The summed E-state index contributed by atoms with van der Waals surface area (Å²) in [6.45, 7) is 7.51. The predicted octanol–water partition coefficient (Wildman–Crippen LogP) is 4.49. The summed E-state index contributed by atoms with van der Waals surface area (Å²) in [5.74, 6) is 0.694. The minimum Gasteiger partial charge on any atom is -0.494 e. The molecule has 0 spiro atoms. The maximum absolute atomic E-state index is 13.1. The first kappa shape index (κ1) is 23.5. The summed E-state index contributed by atoms with van der Waals surface area (Å²) < 4.78 is 5.71. The maximum atomic E-state index is 13.1. The van der Waals surface area contributed by atoms with Crippen molar-refractivity contribution in [2.24, 2.45) is 0 Å². The second kappa shape index (κ2) is 12.7. The van der Waals surface area contributed by atoms with E-state index < -0.39 is 6.04 Å². The molecule has 0 heterocycles. The summed E-state index contributed by atoms with van der Waals surface area (Å²) in [5.41, 5.74) is 2.17. The lowest BCUT2D eigenvalue weighted by Crippen LogP contribution is -2.49. The van der Waals surface area contributed by atoms with Crippen molar-refractivity contribution in [3.8, 4) is 5.75 Å². The number of amides is 2. The van der Waals surface area contributed by atoms with Crippen LogP contribution in [0.5, 0.6) is 5.75 Å². The summed E-state index contributed by atoms with van der Waals surface area (Å²) in [6, 6.07) is 17.2. The van der Waals surface area contributed by atoms with Gasteiger partial charge in [0.05, 0.1) is 6.61 Å². The van der Waals surface area contributed by atoms with Gasteiger partial charge in [0.15, 0.2) is 0 Å². The van der Waals surface area contributed by atoms with Gasteiger partial charge in [0, 0.05) is 19.5 Å². The molecular formula is C25H34N2O3. The molecule has 2 aromatic carbocycles. The predicted molar refractivity (Wildman–Crippen MR) is 120 cm³/mol. The van der Waals surface area contributed by atoms with E-state index in [1.165, 1.54) is 0 Å². The molecule has 2 aromatic rings. The monoisotopic (exact) mass is 410 g/mol. The van der Waals surface area contributed by atoms with E-state index in [0.717, 1.165) is 23.3 Å². The number of carbonyl (C=O) groups is 2. The van der Waals surface area contributed by atoms with E-state index in [4.69, 9.17) is 4.74 Å². The van der Waals surface area contributed by atoms with Crippen molar-refractivity contribution >= 4 is 11.8 Å². The van der Waals surface area contributed by atoms with Gasteiger partial charge < -0.3 is 15.0 Å². The van der Waals surface area contributed by atoms with E-state index in [2.05, 4.69) is 11.4 Å². The third-order valence-electron chi connectivity index (χ3n) is 4.92. The summed E-state index contributed by atoms with van der Waals surface area (Å²) in [6.07, 6.45) is 2.39. The van der Waals surface area contributed by atoms with Gasteiger partial charge in [0.2, 0.25) is 11.8 Å². The molecule has 0 unspecified atom stereocenters. The molecule has 0 aliphatic heterocycles. The lowest BCUT2D eigenvalue weighted by Gasteiger charge is -2.31. The van der Waals surface area contributed by atoms with Crippen LogP contribution in [0.2, 0.25) is 0 Å². The van der Waals surface area contributed by atoms with E-state index in [9.17, 15) is 9.59 Å². The number of nitrogens with zero attached hydrogens (tertiary/aromatic N) is 1. The van der Waals surface area contributed by atoms with Gasteiger partial charge in [-0.25, -0.2) is 0 Å². The molecule has 30 heavy (non-hydrogen) atoms. The number of para-hydroxylation sites is 1. The van der Waals surface area contributed by atoms with Crippen LogP contribution in [0.25, 0.3) is 0 Å². The molecular weight excluding hydrogens is 376 g/mol. The molecule has 0 saturated carbocycles. The Morgan fingerprint density at radius 3 is 2.50 bits per heavy atom. The molecule has 2 amide bonds. The number of hydrogen-bond acceptors (Lipinski definition) is 3. The third kappa shape index (κ3) is 7.54. The molecule has 1 N–H and O–H groups in total.